The molecule has 0 bridgehead atoms. The Bertz CT molecular complexity index is 752. The summed E-state index contributed by atoms with van der Waals surface area (Å²) in [6.45, 7) is 0.396. The van der Waals surface area contributed by atoms with Crippen molar-refractivity contribution in [3.8, 4) is 11.8 Å². The van der Waals surface area contributed by atoms with E-state index in [0.29, 0.717) is 12.3 Å². The Morgan fingerprint density at radius 3 is 2.86 bits per heavy atom. The van der Waals surface area contributed by atoms with Crippen molar-refractivity contribution in [1.82, 2.24) is 0 Å². The molecule has 104 valence electrons. The van der Waals surface area contributed by atoms with Crippen molar-refractivity contribution in [3.05, 3.63) is 63.7 Å². The Balaban J connectivity index is 1.97. The first kappa shape index (κ1) is 12.9. The van der Waals surface area contributed by atoms with Gasteiger partial charge in [0.05, 0.1) is 11.0 Å². The third kappa shape index (κ3) is 2.25. The Hall–Kier alpha value is -3.07. The van der Waals surface area contributed by atoms with Crippen LogP contribution >= 0.6 is 0 Å². The molecule has 0 aliphatic carbocycles. The van der Waals surface area contributed by atoms with Crippen LogP contribution in [0.15, 0.2) is 42.5 Å². The lowest BCUT2D eigenvalue weighted by Crippen LogP contribution is -2.13. The number of ether oxygens (including phenoxy) is 1. The lowest BCUT2D eigenvalue weighted by Gasteiger charge is -2.13. The van der Waals surface area contributed by atoms with Gasteiger partial charge in [0, 0.05) is 5.56 Å². The molecule has 1 N–H and O–H groups in total. The van der Waals surface area contributed by atoms with Crippen molar-refractivity contribution in [2.75, 3.05) is 11.9 Å². The Morgan fingerprint density at radius 2 is 2.10 bits per heavy atom. The van der Waals surface area contributed by atoms with Crippen LogP contribution in [0.4, 0.5) is 11.4 Å². The Kier molecular flexibility index (Phi) is 3.16. The van der Waals surface area contributed by atoms with Crippen LogP contribution in [-0.4, -0.2) is 11.5 Å². The maximum atomic E-state index is 11.2. The van der Waals surface area contributed by atoms with Gasteiger partial charge < -0.3 is 10.1 Å². The second-order valence-corrected chi connectivity index (χ2v) is 4.62. The molecule has 1 unspecified atom stereocenters. The summed E-state index contributed by atoms with van der Waals surface area (Å²) in [7, 11) is 0. The molecule has 1 aliphatic heterocycles. The molecule has 2 aromatic rings. The molecule has 0 radical (unpaired) electrons. The number of hydrogen-bond acceptors (Lipinski definition) is 5. The van der Waals surface area contributed by atoms with Crippen molar-refractivity contribution in [2.45, 2.75) is 6.04 Å². The van der Waals surface area contributed by atoms with E-state index in [0.717, 1.165) is 11.3 Å². The molecule has 0 aromatic heterocycles. The molecule has 6 heteroatoms. The number of rotatable bonds is 3. The van der Waals surface area contributed by atoms with Gasteiger partial charge in [0.1, 0.15) is 29.7 Å². The Labute approximate surface area is 120 Å². The SMILES string of the molecule is N#Cc1cccc(NC2COc3ccccc32)c1[N+](=O)[O-]. The molecule has 0 saturated heterocycles. The van der Waals surface area contributed by atoms with Crippen molar-refractivity contribution >= 4 is 11.4 Å². The molecule has 21 heavy (non-hydrogen) atoms. The van der Waals surface area contributed by atoms with E-state index in [9.17, 15) is 10.1 Å². The van der Waals surface area contributed by atoms with Crippen LogP contribution in [0.2, 0.25) is 0 Å². The fraction of sp³-hybridized carbons (Fsp3) is 0.133. The van der Waals surface area contributed by atoms with Gasteiger partial charge in [-0.05, 0) is 18.2 Å². The number of nitriles is 1. The van der Waals surface area contributed by atoms with Gasteiger partial charge in [-0.15, -0.1) is 0 Å². The van der Waals surface area contributed by atoms with Crippen LogP contribution in [0.1, 0.15) is 17.2 Å². The zero-order valence-corrected chi connectivity index (χ0v) is 10.9. The lowest BCUT2D eigenvalue weighted by atomic mass is 10.1. The molecule has 1 heterocycles. The summed E-state index contributed by atoms with van der Waals surface area (Å²) in [4.78, 5) is 10.7. The van der Waals surface area contributed by atoms with Gasteiger partial charge in [0.2, 0.25) is 0 Å². The number of para-hydroxylation sites is 2. The number of fused-ring (bicyclic) bond motifs is 1. The monoisotopic (exact) mass is 281 g/mol. The first-order valence-corrected chi connectivity index (χ1v) is 6.36. The largest absolute Gasteiger partial charge is 0.491 e. The average Bonchev–Trinajstić information content (AvgIpc) is 2.90. The smallest absolute Gasteiger partial charge is 0.309 e. The normalized spacial score (nSPS) is 15.7. The minimum absolute atomic E-state index is 0.0391. The average molecular weight is 281 g/mol. The lowest BCUT2D eigenvalue weighted by molar-refractivity contribution is -0.384. The van der Waals surface area contributed by atoms with Crippen LogP contribution in [0, 0.1) is 21.4 Å². The Morgan fingerprint density at radius 1 is 1.29 bits per heavy atom. The van der Waals surface area contributed by atoms with Crippen molar-refractivity contribution in [3.63, 3.8) is 0 Å². The summed E-state index contributed by atoms with van der Waals surface area (Å²) in [6, 6.07) is 13.9. The van der Waals surface area contributed by atoms with Gasteiger partial charge in [-0.1, -0.05) is 24.3 Å². The number of nitrogens with zero attached hydrogens (tertiary/aromatic N) is 2. The van der Waals surface area contributed by atoms with E-state index in [1.54, 1.807) is 12.1 Å². The fourth-order valence-electron chi connectivity index (χ4n) is 2.42. The van der Waals surface area contributed by atoms with Crippen LogP contribution in [0.5, 0.6) is 5.75 Å². The first-order valence-electron chi connectivity index (χ1n) is 6.36. The molecule has 0 spiro atoms. The van der Waals surface area contributed by atoms with E-state index in [-0.39, 0.29) is 17.3 Å². The second-order valence-electron chi connectivity index (χ2n) is 4.62. The van der Waals surface area contributed by atoms with E-state index >= 15 is 0 Å². The van der Waals surface area contributed by atoms with Gasteiger partial charge in [-0.25, -0.2) is 0 Å². The number of benzene rings is 2. The van der Waals surface area contributed by atoms with E-state index < -0.39 is 4.92 Å². The molecule has 1 aliphatic rings. The van der Waals surface area contributed by atoms with Gasteiger partial charge in [0.15, 0.2) is 0 Å². The second kappa shape index (κ2) is 5.13. The van der Waals surface area contributed by atoms with Gasteiger partial charge in [-0.2, -0.15) is 5.26 Å². The number of nitrogens with one attached hydrogen (secondary N) is 1. The van der Waals surface area contributed by atoms with E-state index in [1.807, 2.05) is 30.3 Å². The first-order chi connectivity index (χ1) is 10.2. The summed E-state index contributed by atoms with van der Waals surface area (Å²) in [5, 5.41) is 23.3. The molecule has 3 rings (SSSR count). The fourth-order valence-corrected chi connectivity index (χ4v) is 2.42. The van der Waals surface area contributed by atoms with Crippen LogP contribution in [-0.2, 0) is 0 Å². The number of hydrogen-bond donors (Lipinski definition) is 1. The summed E-state index contributed by atoms with van der Waals surface area (Å²) >= 11 is 0. The molecule has 1 atom stereocenters. The third-order valence-corrected chi connectivity index (χ3v) is 3.37. The molecule has 0 saturated carbocycles. The molecule has 6 nitrogen and oxygen atoms in total. The zero-order valence-electron chi connectivity index (χ0n) is 10.9. The quantitative estimate of drug-likeness (QED) is 0.690. The van der Waals surface area contributed by atoms with Crippen molar-refractivity contribution < 1.29 is 9.66 Å². The maximum Gasteiger partial charge on any atom is 0.309 e. The van der Waals surface area contributed by atoms with Gasteiger partial charge in [0.25, 0.3) is 0 Å². The molecule has 2 aromatic carbocycles. The van der Waals surface area contributed by atoms with Crippen LogP contribution in [0.3, 0.4) is 0 Å². The topological polar surface area (TPSA) is 88.2 Å². The number of nitro groups is 1. The van der Waals surface area contributed by atoms with Crippen LogP contribution in [0.25, 0.3) is 0 Å². The standard InChI is InChI=1S/C15H11N3O3/c16-8-10-4-3-6-12(15(10)18(19)20)17-13-9-21-14-7-2-1-5-11(13)14/h1-7,13,17H,9H2. The predicted molar refractivity (Wildman–Crippen MR) is 76.1 cm³/mol. The zero-order chi connectivity index (χ0) is 14.8. The molecular formula is C15H11N3O3. The predicted octanol–water partition coefficient (Wildman–Crippen LogP) is 3.01. The van der Waals surface area contributed by atoms with Gasteiger partial charge >= 0.3 is 5.69 Å². The third-order valence-electron chi connectivity index (χ3n) is 3.37. The molecule has 0 amide bonds. The summed E-state index contributed by atoms with van der Waals surface area (Å²) in [6.07, 6.45) is 0. The summed E-state index contributed by atoms with van der Waals surface area (Å²) in [5.74, 6) is 0.772. The highest BCUT2D eigenvalue weighted by molar-refractivity contribution is 5.69. The van der Waals surface area contributed by atoms with E-state index in [2.05, 4.69) is 5.32 Å². The highest BCUT2D eigenvalue weighted by Gasteiger charge is 2.27. The highest BCUT2D eigenvalue weighted by atomic mass is 16.6. The minimum Gasteiger partial charge on any atom is -0.491 e. The van der Waals surface area contributed by atoms with E-state index in [4.69, 9.17) is 10.00 Å². The highest BCUT2D eigenvalue weighted by Crippen LogP contribution is 2.37. The summed E-state index contributed by atoms with van der Waals surface area (Å²) in [5.41, 5.74) is 1.11. The molecule has 0 fully saturated rings. The number of anilines is 1. The van der Waals surface area contributed by atoms with Crippen molar-refractivity contribution in [1.29, 1.82) is 5.26 Å². The van der Waals surface area contributed by atoms with Crippen LogP contribution < -0.4 is 10.1 Å². The summed E-state index contributed by atoms with van der Waals surface area (Å²) < 4.78 is 5.54. The number of nitro benzene ring substituents is 1. The minimum atomic E-state index is -0.539. The van der Waals surface area contributed by atoms with E-state index in [1.165, 1.54) is 6.07 Å². The molecular weight excluding hydrogens is 270 g/mol. The maximum absolute atomic E-state index is 11.2. The van der Waals surface area contributed by atoms with Crippen molar-refractivity contribution in [2.24, 2.45) is 0 Å². The van der Waals surface area contributed by atoms with Gasteiger partial charge in [-0.3, -0.25) is 10.1 Å².